The van der Waals surface area contributed by atoms with E-state index in [-0.39, 0.29) is 0 Å². The fourth-order valence-corrected chi connectivity index (χ4v) is 3.78. The van der Waals surface area contributed by atoms with Crippen LogP contribution in [0.4, 0.5) is 0 Å². The average molecular weight is 384 g/mol. The average Bonchev–Trinajstić information content (AvgIpc) is 2.65. The number of hydrogen-bond donors (Lipinski definition) is 2. The molecule has 0 aliphatic rings. The number of nitrogens with two attached hydrogens (primary N) is 1. The molecule has 0 heterocycles. The highest BCUT2D eigenvalue weighted by Crippen LogP contribution is 2.15. The molecule has 0 rings (SSSR count). The van der Waals surface area contributed by atoms with E-state index in [9.17, 15) is 4.79 Å². The van der Waals surface area contributed by atoms with Crippen LogP contribution in [0.25, 0.3) is 0 Å². The van der Waals surface area contributed by atoms with Gasteiger partial charge in [-0.05, 0) is 19.4 Å². The van der Waals surface area contributed by atoms with E-state index in [1.54, 1.807) is 0 Å². The minimum absolute atomic E-state index is 0.343. The maximum atomic E-state index is 10.4. The van der Waals surface area contributed by atoms with Crippen molar-refractivity contribution in [1.82, 2.24) is 0 Å². The molecule has 0 saturated carbocycles. The molecule has 0 fully saturated rings. The van der Waals surface area contributed by atoms with Crippen molar-refractivity contribution in [1.29, 1.82) is 0 Å². The van der Waals surface area contributed by atoms with Gasteiger partial charge in [0.05, 0.1) is 0 Å². The molecular formula is C24H49NO2. The van der Waals surface area contributed by atoms with Crippen LogP contribution in [0.5, 0.6) is 0 Å². The van der Waals surface area contributed by atoms with E-state index >= 15 is 0 Å². The molecule has 0 saturated heterocycles. The molecule has 0 aromatic carbocycles. The second kappa shape index (κ2) is 23.5. The number of carboxylic acid groups (broad SMARTS) is 1. The number of hydrogen-bond acceptors (Lipinski definition) is 2. The fourth-order valence-electron chi connectivity index (χ4n) is 3.78. The first-order valence-electron chi connectivity index (χ1n) is 12.2. The Morgan fingerprint density at radius 2 is 0.667 bits per heavy atom. The lowest BCUT2D eigenvalue weighted by Crippen LogP contribution is -1.97. The third kappa shape index (κ3) is 25.4. The van der Waals surface area contributed by atoms with E-state index in [1.807, 2.05) is 0 Å². The molecule has 0 unspecified atom stereocenters. The normalized spacial score (nSPS) is 11.1. The van der Waals surface area contributed by atoms with Gasteiger partial charge in [0.25, 0.3) is 0 Å². The van der Waals surface area contributed by atoms with Crippen molar-refractivity contribution in [3.8, 4) is 0 Å². The summed E-state index contributed by atoms with van der Waals surface area (Å²) in [7, 11) is 0. The standard InChI is InChI=1S/C24H49NO2/c25-23-21-19-17-15-13-11-9-7-5-3-1-2-4-6-8-10-12-14-16-18-20-22-24(26)27/h1-23,25H2,(H,26,27). The first-order valence-corrected chi connectivity index (χ1v) is 12.2. The van der Waals surface area contributed by atoms with Gasteiger partial charge in [0.15, 0.2) is 0 Å². The van der Waals surface area contributed by atoms with Crippen LogP contribution in [0.1, 0.15) is 141 Å². The second-order valence-electron chi connectivity index (χ2n) is 8.36. The molecule has 3 nitrogen and oxygen atoms in total. The van der Waals surface area contributed by atoms with Crippen LogP contribution in [-0.4, -0.2) is 17.6 Å². The third-order valence-electron chi connectivity index (χ3n) is 5.59. The Balaban J connectivity index is 2.98. The van der Waals surface area contributed by atoms with E-state index < -0.39 is 5.97 Å². The molecule has 0 amide bonds. The lowest BCUT2D eigenvalue weighted by atomic mass is 10.0. The zero-order chi connectivity index (χ0) is 19.8. The maximum absolute atomic E-state index is 10.4. The van der Waals surface area contributed by atoms with Crippen LogP contribution in [0.2, 0.25) is 0 Å². The first-order chi connectivity index (χ1) is 13.3. The van der Waals surface area contributed by atoms with Gasteiger partial charge in [-0.3, -0.25) is 4.79 Å². The van der Waals surface area contributed by atoms with Gasteiger partial charge in [-0.1, -0.05) is 122 Å². The Labute approximate surface area is 169 Å². The molecule has 0 spiro atoms. The monoisotopic (exact) mass is 383 g/mol. The highest BCUT2D eigenvalue weighted by atomic mass is 16.4. The largest absolute Gasteiger partial charge is 0.481 e. The summed E-state index contributed by atoms with van der Waals surface area (Å²) in [5.74, 6) is -0.653. The molecule has 3 N–H and O–H groups in total. The van der Waals surface area contributed by atoms with Crippen molar-refractivity contribution in [2.24, 2.45) is 5.73 Å². The van der Waals surface area contributed by atoms with Crippen LogP contribution in [0.3, 0.4) is 0 Å². The Morgan fingerprint density at radius 3 is 0.889 bits per heavy atom. The van der Waals surface area contributed by atoms with E-state index in [1.165, 1.54) is 122 Å². The number of unbranched alkanes of at least 4 members (excludes halogenated alkanes) is 20. The molecule has 162 valence electrons. The summed E-state index contributed by atoms with van der Waals surface area (Å²) in [6, 6.07) is 0. The van der Waals surface area contributed by atoms with Gasteiger partial charge in [0.2, 0.25) is 0 Å². The Kier molecular flexibility index (Phi) is 23.0. The van der Waals surface area contributed by atoms with Crippen molar-refractivity contribution >= 4 is 5.97 Å². The van der Waals surface area contributed by atoms with Crippen LogP contribution in [0.15, 0.2) is 0 Å². The highest BCUT2D eigenvalue weighted by Gasteiger charge is 1.97. The number of carbonyl (C=O) groups is 1. The molecule has 0 atom stereocenters. The molecule has 0 aliphatic carbocycles. The van der Waals surface area contributed by atoms with Crippen molar-refractivity contribution in [3.63, 3.8) is 0 Å². The van der Waals surface area contributed by atoms with Gasteiger partial charge in [0.1, 0.15) is 0 Å². The van der Waals surface area contributed by atoms with Gasteiger partial charge >= 0.3 is 5.97 Å². The van der Waals surface area contributed by atoms with E-state index in [2.05, 4.69) is 0 Å². The number of aliphatic carboxylic acids is 1. The van der Waals surface area contributed by atoms with Crippen LogP contribution >= 0.6 is 0 Å². The summed E-state index contributed by atoms with van der Waals surface area (Å²) in [5, 5.41) is 8.58. The zero-order valence-corrected chi connectivity index (χ0v) is 18.2. The molecule has 0 aromatic heterocycles. The number of rotatable bonds is 23. The topological polar surface area (TPSA) is 63.3 Å². The predicted octanol–water partition coefficient (Wildman–Crippen LogP) is 7.61. The van der Waals surface area contributed by atoms with Crippen molar-refractivity contribution in [2.75, 3.05) is 6.54 Å². The number of carboxylic acids is 1. The van der Waals surface area contributed by atoms with Gasteiger partial charge in [-0.2, -0.15) is 0 Å². The molecule has 3 heteroatoms. The third-order valence-corrected chi connectivity index (χ3v) is 5.59. The minimum atomic E-state index is -0.653. The molecule has 0 aromatic rings. The first kappa shape index (κ1) is 26.4. The smallest absolute Gasteiger partial charge is 0.303 e. The molecule has 0 aliphatic heterocycles. The molecular weight excluding hydrogens is 334 g/mol. The summed E-state index contributed by atoms with van der Waals surface area (Å²) < 4.78 is 0. The Morgan fingerprint density at radius 1 is 0.444 bits per heavy atom. The van der Waals surface area contributed by atoms with E-state index in [0.717, 1.165) is 19.4 Å². The van der Waals surface area contributed by atoms with Crippen LogP contribution in [-0.2, 0) is 4.79 Å². The minimum Gasteiger partial charge on any atom is -0.481 e. The fraction of sp³-hybridized carbons (Fsp3) is 0.958. The van der Waals surface area contributed by atoms with E-state index in [4.69, 9.17) is 10.8 Å². The summed E-state index contributed by atoms with van der Waals surface area (Å²) in [6.45, 7) is 0.859. The predicted molar refractivity (Wildman–Crippen MR) is 118 cm³/mol. The quantitative estimate of drug-likeness (QED) is 0.178. The highest BCUT2D eigenvalue weighted by molar-refractivity contribution is 5.66. The summed E-state index contributed by atoms with van der Waals surface area (Å²) in [4.78, 5) is 10.4. The lowest BCUT2D eigenvalue weighted by Gasteiger charge is -2.04. The van der Waals surface area contributed by atoms with Crippen LogP contribution in [0, 0.1) is 0 Å². The van der Waals surface area contributed by atoms with Crippen LogP contribution < -0.4 is 5.73 Å². The summed E-state index contributed by atoms with van der Waals surface area (Å²) in [6.07, 6.45) is 28.5. The van der Waals surface area contributed by atoms with E-state index in [0.29, 0.717) is 6.42 Å². The molecule has 0 radical (unpaired) electrons. The molecule has 27 heavy (non-hydrogen) atoms. The van der Waals surface area contributed by atoms with Gasteiger partial charge in [0, 0.05) is 6.42 Å². The SMILES string of the molecule is NCCCCCCCCCCCCCCCCCCCCCCCC(=O)O. The Hall–Kier alpha value is -0.570. The maximum Gasteiger partial charge on any atom is 0.303 e. The second-order valence-corrected chi connectivity index (χ2v) is 8.36. The Bertz CT molecular complexity index is 294. The summed E-state index contributed by atoms with van der Waals surface area (Å²) in [5.41, 5.74) is 5.51. The van der Waals surface area contributed by atoms with Gasteiger partial charge < -0.3 is 10.8 Å². The van der Waals surface area contributed by atoms with Crippen molar-refractivity contribution in [3.05, 3.63) is 0 Å². The van der Waals surface area contributed by atoms with Gasteiger partial charge in [-0.25, -0.2) is 0 Å². The van der Waals surface area contributed by atoms with Crippen molar-refractivity contribution in [2.45, 2.75) is 141 Å². The van der Waals surface area contributed by atoms with Gasteiger partial charge in [-0.15, -0.1) is 0 Å². The summed E-state index contributed by atoms with van der Waals surface area (Å²) >= 11 is 0. The lowest BCUT2D eigenvalue weighted by molar-refractivity contribution is -0.137. The molecule has 0 bridgehead atoms. The van der Waals surface area contributed by atoms with Crippen molar-refractivity contribution < 1.29 is 9.90 Å². The zero-order valence-electron chi connectivity index (χ0n) is 18.2.